The van der Waals surface area contributed by atoms with Crippen LogP contribution in [-0.2, 0) is 11.2 Å². The number of nitrogens with one attached hydrogen (secondary N) is 1. The first-order chi connectivity index (χ1) is 15.8. The van der Waals surface area contributed by atoms with E-state index in [1.165, 1.54) is 12.1 Å². The zero-order valence-electron chi connectivity index (χ0n) is 16.9. The molecule has 1 atom stereocenters. The first kappa shape index (κ1) is 22.5. The van der Waals surface area contributed by atoms with Gasteiger partial charge >= 0.3 is 5.97 Å². The van der Waals surface area contributed by atoms with Gasteiger partial charge in [0.1, 0.15) is 6.04 Å². The molecule has 0 saturated heterocycles. The van der Waals surface area contributed by atoms with E-state index in [4.69, 9.17) is 23.2 Å². The minimum absolute atomic E-state index is 0.00643. The lowest BCUT2D eigenvalue weighted by molar-refractivity contribution is -0.139. The molecule has 0 bridgehead atoms. The van der Waals surface area contributed by atoms with Gasteiger partial charge in [0.05, 0.1) is 32.4 Å². The van der Waals surface area contributed by atoms with E-state index in [1.807, 2.05) is 0 Å². The second-order valence-electron chi connectivity index (χ2n) is 7.32. The molecule has 0 radical (unpaired) electrons. The maximum atomic E-state index is 12.6. The molecule has 0 saturated carbocycles. The summed E-state index contributed by atoms with van der Waals surface area (Å²) in [5, 5.41) is 12.2. The summed E-state index contributed by atoms with van der Waals surface area (Å²) in [5.41, 5.74) is 1.60. The summed E-state index contributed by atoms with van der Waals surface area (Å²) >= 11 is 12.1. The van der Waals surface area contributed by atoms with Crippen molar-refractivity contribution >= 4 is 52.6 Å². The molecular formula is C24H16Cl2N2O5. The molecule has 0 fully saturated rings. The number of carboxylic acids is 1. The van der Waals surface area contributed by atoms with Gasteiger partial charge in [-0.15, -0.1) is 0 Å². The summed E-state index contributed by atoms with van der Waals surface area (Å²) in [6.07, 6.45) is -0.0362. The molecule has 33 heavy (non-hydrogen) atoms. The molecule has 1 aliphatic heterocycles. The molecular weight excluding hydrogens is 467 g/mol. The van der Waals surface area contributed by atoms with Gasteiger partial charge in [-0.25, -0.2) is 9.69 Å². The summed E-state index contributed by atoms with van der Waals surface area (Å²) in [6.45, 7) is 0. The summed E-state index contributed by atoms with van der Waals surface area (Å²) < 4.78 is 0. The van der Waals surface area contributed by atoms with Crippen molar-refractivity contribution in [3.05, 3.63) is 99.0 Å². The molecule has 0 aromatic heterocycles. The molecule has 1 aliphatic rings. The largest absolute Gasteiger partial charge is 0.480 e. The van der Waals surface area contributed by atoms with Crippen LogP contribution in [0, 0.1) is 0 Å². The number of imide groups is 1. The summed E-state index contributed by atoms with van der Waals surface area (Å²) in [7, 11) is 0. The van der Waals surface area contributed by atoms with E-state index >= 15 is 0 Å². The number of carboxylic acid groups (broad SMARTS) is 1. The number of benzene rings is 3. The predicted octanol–water partition coefficient (Wildman–Crippen LogP) is 4.22. The zero-order valence-corrected chi connectivity index (χ0v) is 18.4. The van der Waals surface area contributed by atoms with Crippen LogP contribution in [0.2, 0.25) is 10.0 Å². The highest BCUT2D eigenvalue weighted by molar-refractivity contribution is 6.39. The maximum Gasteiger partial charge on any atom is 0.326 e. The smallest absolute Gasteiger partial charge is 0.326 e. The van der Waals surface area contributed by atoms with Gasteiger partial charge in [-0.2, -0.15) is 0 Å². The number of nitrogens with zero attached hydrogens (tertiary/aromatic N) is 1. The highest BCUT2D eigenvalue weighted by Gasteiger charge is 2.36. The zero-order chi connectivity index (χ0) is 23.7. The van der Waals surface area contributed by atoms with E-state index in [0.717, 1.165) is 4.90 Å². The number of halogens is 2. The molecule has 166 valence electrons. The molecule has 2 N–H and O–H groups in total. The normalized spacial score (nSPS) is 13.6. The Bertz CT molecular complexity index is 1240. The minimum Gasteiger partial charge on any atom is -0.480 e. The highest BCUT2D eigenvalue weighted by atomic mass is 35.5. The number of anilines is 1. The van der Waals surface area contributed by atoms with Crippen molar-refractivity contribution in [2.75, 3.05) is 4.90 Å². The standard InChI is InChI=1S/C24H16Cl2N2O5/c25-17-6-3-7-18(26)20(17)21(29)27-19(24(32)33)12-13-8-10-14(11-9-13)28-22(30)15-4-1-2-5-16(15)23(28)31/h1-11,19H,12H2,(H,27,29)(H,32,33). The maximum absolute atomic E-state index is 12.6. The van der Waals surface area contributed by atoms with E-state index in [-0.39, 0.29) is 22.0 Å². The molecule has 3 aromatic rings. The van der Waals surface area contributed by atoms with Gasteiger partial charge in [-0.3, -0.25) is 14.4 Å². The van der Waals surface area contributed by atoms with Crippen LogP contribution in [0.25, 0.3) is 0 Å². The third kappa shape index (κ3) is 4.33. The first-order valence-corrected chi connectivity index (χ1v) is 10.6. The van der Waals surface area contributed by atoms with Crippen molar-refractivity contribution in [3.8, 4) is 0 Å². The van der Waals surface area contributed by atoms with Crippen LogP contribution < -0.4 is 10.2 Å². The Morgan fingerprint density at radius 3 is 1.91 bits per heavy atom. The van der Waals surface area contributed by atoms with Crippen LogP contribution in [0.4, 0.5) is 5.69 Å². The van der Waals surface area contributed by atoms with Crippen LogP contribution in [0.5, 0.6) is 0 Å². The summed E-state index contributed by atoms with van der Waals surface area (Å²) in [6, 6.07) is 16.2. The topological polar surface area (TPSA) is 104 Å². The van der Waals surface area contributed by atoms with Gasteiger partial charge in [0.2, 0.25) is 0 Å². The van der Waals surface area contributed by atoms with E-state index < -0.39 is 29.7 Å². The third-order valence-corrected chi connectivity index (χ3v) is 5.85. The van der Waals surface area contributed by atoms with Gasteiger partial charge in [-0.1, -0.05) is 53.5 Å². The van der Waals surface area contributed by atoms with Crippen LogP contribution >= 0.6 is 23.2 Å². The Labute approximate surface area is 198 Å². The monoisotopic (exact) mass is 482 g/mol. The Morgan fingerprint density at radius 2 is 1.39 bits per heavy atom. The Balaban J connectivity index is 1.51. The SMILES string of the molecule is O=C(NC(Cc1ccc(N2C(=O)c3ccccc3C2=O)cc1)C(=O)O)c1c(Cl)cccc1Cl. The highest BCUT2D eigenvalue weighted by Crippen LogP contribution is 2.29. The fraction of sp³-hybridized carbons (Fsp3) is 0.0833. The molecule has 1 heterocycles. The number of hydrogen-bond acceptors (Lipinski definition) is 4. The molecule has 7 nitrogen and oxygen atoms in total. The van der Waals surface area contributed by atoms with Gasteiger partial charge in [0, 0.05) is 6.42 Å². The molecule has 3 amide bonds. The Morgan fingerprint density at radius 1 is 0.848 bits per heavy atom. The number of fused-ring (bicyclic) bond motifs is 1. The summed E-state index contributed by atoms with van der Waals surface area (Å²) in [4.78, 5) is 50.7. The molecule has 1 unspecified atom stereocenters. The number of carbonyl (C=O) groups excluding carboxylic acids is 3. The lowest BCUT2D eigenvalue weighted by Gasteiger charge is -2.17. The van der Waals surface area contributed by atoms with Crippen molar-refractivity contribution < 1.29 is 24.3 Å². The number of hydrogen-bond donors (Lipinski definition) is 2. The van der Waals surface area contributed by atoms with Crippen LogP contribution in [-0.4, -0.2) is 34.8 Å². The molecule has 3 aromatic carbocycles. The summed E-state index contributed by atoms with van der Waals surface area (Å²) in [5.74, 6) is -2.79. The first-order valence-electron chi connectivity index (χ1n) is 9.82. The van der Waals surface area contributed by atoms with E-state index in [0.29, 0.717) is 22.4 Å². The number of rotatable bonds is 6. The molecule has 0 aliphatic carbocycles. The lowest BCUT2D eigenvalue weighted by Crippen LogP contribution is -2.42. The van der Waals surface area contributed by atoms with Crippen molar-refractivity contribution in [2.45, 2.75) is 12.5 Å². The third-order valence-electron chi connectivity index (χ3n) is 5.22. The fourth-order valence-electron chi connectivity index (χ4n) is 3.59. The molecule has 4 rings (SSSR count). The van der Waals surface area contributed by atoms with E-state index in [1.54, 1.807) is 54.6 Å². The van der Waals surface area contributed by atoms with Gasteiger partial charge in [0.25, 0.3) is 17.7 Å². The average molecular weight is 483 g/mol. The quantitative estimate of drug-likeness (QED) is 0.511. The second kappa shape index (κ2) is 9.05. The lowest BCUT2D eigenvalue weighted by atomic mass is 10.0. The van der Waals surface area contributed by atoms with Gasteiger partial charge in [0.15, 0.2) is 0 Å². The van der Waals surface area contributed by atoms with Crippen LogP contribution in [0.3, 0.4) is 0 Å². The Kier molecular flexibility index (Phi) is 6.18. The second-order valence-corrected chi connectivity index (χ2v) is 8.14. The predicted molar refractivity (Wildman–Crippen MR) is 123 cm³/mol. The van der Waals surface area contributed by atoms with Gasteiger partial charge < -0.3 is 10.4 Å². The average Bonchev–Trinajstić information content (AvgIpc) is 3.04. The number of amides is 3. The van der Waals surface area contributed by atoms with Crippen molar-refractivity contribution in [1.82, 2.24) is 5.32 Å². The van der Waals surface area contributed by atoms with E-state index in [2.05, 4.69) is 5.32 Å². The van der Waals surface area contributed by atoms with Crippen molar-refractivity contribution in [2.24, 2.45) is 0 Å². The molecule has 0 spiro atoms. The number of aliphatic carboxylic acids is 1. The molecule has 9 heteroatoms. The van der Waals surface area contributed by atoms with Crippen LogP contribution in [0.15, 0.2) is 66.7 Å². The fourth-order valence-corrected chi connectivity index (χ4v) is 4.15. The van der Waals surface area contributed by atoms with E-state index in [9.17, 15) is 24.3 Å². The van der Waals surface area contributed by atoms with Crippen molar-refractivity contribution in [1.29, 1.82) is 0 Å². The minimum atomic E-state index is -1.25. The van der Waals surface area contributed by atoms with Crippen molar-refractivity contribution in [3.63, 3.8) is 0 Å². The Hall–Kier alpha value is -3.68. The van der Waals surface area contributed by atoms with Gasteiger partial charge in [-0.05, 0) is 42.0 Å². The number of carbonyl (C=O) groups is 4. The van der Waals surface area contributed by atoms with Crippen LogP contribution in [0.1, 0.15) is 36.6 Å².